The van der Waals surface area contributed by atoms with Gasteiger partial charge in [-0.3, -0.25) is 9.59 Å². The van der Waals surface area contributed by atoms with E-state index in [0.717, 1.165) is 22.3 Å². The van der Waals surface area contributed by atoms with Gasteiger partial charge >= 0.3 is 0 Å². The molecule has 7 aromatic rings. The molecule has 0 atom stereocenters. The highest BCUT2D eigenvalue weighted by Gasteiger charge is 2.29. The van der Waals surface area contributed by atoms with Gasteiger partial charge in [0.25, 0.3) is 0 Å². The van der Waals surface area contributed by atoms with Crippen molar-refractivity contribution in [1.82, 2.24) is 0 Å². The van der Waals surface area contributed by atoms with Gasteiger partial charge in [-0.15, -0.1) is 0 Å². The summed E-state index contributed by atoms with van der Waals surface area (Å²) in [6, 6.07) is 30.0. The molecule has 2 aromatic heterocycles. The van der Waals surface area contributed by atoms with Crippen molar-refractivity contribution in [1.29, 1.82) is 0 Å². The number of ether oxygens (including phenoxy) is 6. The van der Waals surface area contributed by atoms with E-state index in [9.17, 15) is 9.59 Å². The van der Waals surface area contributed by atoms with Crippen LogP contribution in [0.5, 0.6) is 34.5 Å². The van der Waals surface area contributed by atoms with Crippen molar-refractivity contribution in [3.63, 3.8) is 0 Å². The van der Waals surface area contributed by atoms with Gasteiger partial charge in [-0.2, -0.15) is 0 Å². The summed E-state index contributed by atoms with van der Waals surface area (Å²) in [5.41, 5.74) is 4.52. The lowest BCUT2D eigenvalue weighted by Crippen LogP contribution is -2.08. The Balaban J connectivity index is 1.15. The molecule has 0 N–H and O–H groups in total. The fraction of sp³-hybridized carbons (Fsp3) is 0.130. The number of hydrogen-bond acceptors (Lipinski definition) is 10. The first-order valence-corrected chi connectivity index (χ1v) is 17.6. The van der Waals surface area contributed by atoms with Crippen molar-refractivity contribution >= 4 is 45.7 Å². The number of carbonyl (C=O) groups is 2. The van der Waals surface area contributed by atoms with E-state index in [1.165, 1.54) is 53.1 Å². The first-order chi connectivity index (χ1) is 27.4. The third-order valence-electron chi connectivity index (χ3n) is 9.10. The SMILES string of the molecule is COc1c(C(=O)/C=C/c2ccccc2)c(OCc2ccc(COc3c(C(=O)/C=C/c4ccccc4)c(OC)c4ccoc4c3OC)cc2)c(OC)c2occc12. The minimum absolute atomic E-state index is 0.0854. The Morgan fingerprint density at radius 1 is 0.482 bits per heavy atom. The molecule has 0 fully saturated rings. The monoisotopic (exact) mass is 750 g/mol. The lowest BCUT2D eigenvalue weighted by molar-refractivity contribution is 0.103. The van der Waals surface area contributed by atoms with Gasteiger partial charge in [-0.25, -0.2) is 0 Å². The summed E-state index contributed by atoms with van der Waals surface area (Å²) in [5.74, 6) is 0.888. The van der Waals surface area contributed by atoms with Gasteiger partial charge in [0.15, 0.2) is 34.2 Å². The topological polar surface area (TPSA) is 116 Å². The maximum absolute atomic E-state index is 13.8. The molecule has 10 nitrogen and oxygen atoms in total. The Morgan fingerprint density at radius 2 is 0.857 bits per heavy atom. The zero-order valence-electron chi connectivity index (χ0n) is 31.2. The van der Waals surface area contributed by atoms with Crippen LogP contribution >= 0.6 is 0 Å². The lowest BCUT2D eigenvalue weighted by atomic mass is 10.0. The number of allylic oxidation sites excluding steroid dienone is 2. The first kappa shape index (κ1) is 37.1. The van der Waals surface area contributed by atoms with Crippen LogP contribution in [0.25, 0.3) is 34.1 Å². The molecule has 282 valence electrons. The highest BCUT2D eigenvalue weighted by atomic mass is 16.5. The third-order valence-corrected chi connectivity index (χ3v) is 9.10. The molecular formula is C46H38O10. The highest BCUT2D eigenvalue weighted by molar-refractivity contribution is 6.16. The molecule has 0 aliphatic carbocycles. The van der Waals surface area contributed by atoms with Crippen LogP contribution in [-0.2, 0) is 13.2 Å². The summed E-state index contributed by atoms with van der Waals surface area (Å²) >= 11 is 0. The predicted octanol–water partition coefficient (Wildman–Crippen LogP) is 10.2. The van der Waals surface area contributed by atoms with E-state index in [-0.39, 0.29) is 58.9 Å². The van der Waals surface area contributed by atoms with Crippen LogP contribution < -0.4 is 28.4 Å². The predicted molar refractivity (Wildman–Crippen MR) is 213 cm³/mol. The molecule has 0 saturated heterocycles. The maximum Gasteiger partial charge on any atom is 0.205 e. The number of carbonyl (C=O) groups excluding carboxylic acids is 2. The number of hydrogen-bond donors (Lipinski definition) is 0. The number of fused-ring (bicyclic) bond motifs is 2. The minimum Gasteiger partial charge on any atom is -0.495 e. The number of benzene rings is 5. The molecule has 0 bridgehead atoms. The lowest BCUT2D eigenvalue weighted by Gasteiger charge is -2.18. The van der Waals surface area contributed by atoms with Crippen molar-refractivity contribution in [2.24, 2.45) is 0 Å². The van der Waals surface area contributed by atoms with Crippen molar-refractivity contribution in [2.75, 3.05) is 28.4 Å². The van der Waals surface area contributed by atoms with E-state index in [2.05, 4.69) is 0 Å². The average Bonchev–Trinajstić information content (AvgIpc) is 3.94. The molecule has 56 heavy (non-hydrogen) atoms. The Morgan fingerprint density at radius 3 is 1.21 bits per heavy atom. The van der Waals surface area contributed by atoms with Gasteiger partial charge in [0, 0.05) is 0 Å². The number of ketones is 2. The smallest absolute Gasteiger partial charge is 0.205 e. The number of methoxy groups -OCH3 is 4. The van der Waals surface area contributed by atoms with Crippen LogP contribution in [0.2, 0.25) is 0 Å². The number of rotatable bonds is 16. The van der Waals surface area contributed by atoms with Crippen molar-refractivity contribution < 1.29 is 46.8 Å². The third kappa shape index (κ3) is 7.45. The molecule has 0 amide bonds. The zero-order valence-corrected chi connectivity index (χ0v) is 31.2. The van der Waals surface area contributed by atoms with Gasteiger partial charge in [0.05, 0.1) is 51.7 Å². The Bertz CT molecular complexity index is 2360. The van der Waals surface area contributed by atoms with Crippen molar-refractivity contribution in [2.45, 2.75) is 13.2 Å². The van der Waals surface area contributed by atoms with Gasteiger partial charge in [0.1, 0.15) is 35.8 Å². The van der Waals surface area contributed by atoms with E-state index in [1.54, 1.807) is 24.3 Å². The molecule has 5 aromatic carbocycles. The fourth-order valence-electron chi connectivity index (χ4n) is 6.44. The average molecular weight is 751 g/mol. The Kier molecular flexibility index (Phi) is 11.2. The van der Waals surface area contributed by atoms with E-state index in [1.807, 2.05) is 84.9 Å². The molecular weight excluding hydrogens is 712 g/mol. The highest BCUT2D eigenvalue weighted by Crippen LogP contribution is 2.48. The quantitative estimate of drug-likeness (QED) is 0.0698. The normalized spacial score (nSPS) is 11.4. The first-order valence-electron chi connectivity index (χ1n) is 17.6. The van der Waals surface area contributed by atoms with Gasteiger partial charge in [0.2, 0.25) is 11.5 Å². The second-order valence-corrected chi connectivity index (χ2v) is 12.5. The molecule has 0 aliphatic heterocycles. The maximum atomic E-state index is 13.8. The van der Waals surface area contributed by atoms with Crippen LogP contribution in [0, 0.1) is 0 Å². The van der Waals surface area contributed by atoms with Crippen LogP contribution in [0.4, 0.5) is 0 Å². The van der Waals surface area contributed by atoms with E-state index >= 15 is 0 Å². The summed E-state index contributed by atoms with van der Waals surface area (Å²) in [5, 5.41) is 1.16. The summed E-state index contributed by atoms with van der Waals surface area (Å²) in [6.45, 7) is 0.171. The molecule has 0 aliphatic rings. The summed E-state index contributed by atoms with van der Waals surface area (Å²) in [7, 11) is 5.98. The van der Waals surface area contributed by atoms with Crippen LogP contribution in [0.15, 0.2) is 131 Å². The second kappa shape index (κ2) is 16.9. The van der Waals surface area contributed by atoms with Gasteiger partial charge in [-0.05, 0) is 46.5 Å². The fourth-order valence-corrected chi connectivity index (χ4v) is 6.44. The molecule has 0 radical (unpaired) electrons. The molecule has 0 spiro atoms. The Hall–Kier alpha value is -7.20. The van der Waals surface area contributed by atoms with Crippen molar-refractivity contribution in [3.8, 4) is 34.5 Å². The summed E-state index contributed by atoms with van der Waals surface area (Å²) < 4.78 is 47.2. The van der Waals surface area contributed by atoms with Gasteiger partial charge < -0.3 is 37.3 Å². The Labute approximate surface area is 323 Å². The van der Waals surface area contributed by atoms with Crippen LogP contribution in [0.1, 0.15) is 43.0 Å². The molecule has 7 rings (SSSR count). The number of furan rings is 2. The zero-order chi connectivity index (χ0) is 39.0. The van der Waals surface area contributed by atoms with E-state index in [0.29, 0.717) is 33.4 Å². The van der Waals surface area contributed by atoms with Gasteiger partial charge in [-0.1, -0.05) is 97.1 Å². The second-order valence-electron chi connectivity index (χ2n) is 12.5. The minimum atomic E-state index is -0.331. The molecule has 10 heteroatoms. The van der Waals surface area contributed by atoms with Crippen LogP contribution in [0.3, 0.4) is 0 Å². The molecule has 0 unspecified atom stereocenters. The standard InChI is InChI=1S/C46H38O10/c1-49-39-33-23-25-53-41(33)45(51-3)43(37(39)35(47)21-19-29-11-7-5-8-12-29)55-27-31-15-17-32(18-16-31)28-56-44-38(36(48)22-20-30-13-9-6-10-14-30)40(50-2)34-24-26-54-42(34)46(44)52-4/h5-26H,27-28H2,1-4H3/b21-19+,22-20+. The summed E-state index contributed by atoms with van der Waals surface area (Å²) in [6.07, 6.45) is 9.44. The van der Waals surface area contributed by atoms with E-state index in [4.69, 9.17) is 37.3 Å². The van der Waals surface area contributed by atoms with Crippen molar-refractivity contribution in [3.05, 3.63) is 155 Å². The van der Waals surface area contributed by atoms with Crippen LogP contribution in [-0.4, -0.2) is 40.0 Å². The summed E-state index contributed by atoms with van der Waals surface area (Å²) in [4.78, 5) is 27.6. The van der Waals surface area contributed by atoms with E-state index < -0.39 is 0 Å². The molecule has 0 saturated carbocycles. The molecule has 2 heterocycles. The largest absolute Gasteiger partial charge is 0.495 e.